The zero-order valence-electron chi connectivity index (χ0n) is 11.8. The van der Waals surface area contributed by atoms with Gasteiger partial charge in [0.15, 0.2) is 5.78 Å². The highest BCUT2D eigenvalue weighted by Gasteiger charge is 2.38. The maximum atomic E-state index is 13.1. The number of ether oxygens (including phenoxy) is 1. The van der Waals surface area contributed by atoms with Crippen molar-refractivity contribution in [2.75, 3.05) is 5.73 Å². The first-order valence-corrected chi connectivity index (χ1v) is 6.48. The maximum absolute atomic E-state index is 13.1. The molecule has 2 rings (SSSR count). The molecule has 0 aromatic heterocycles. The van der Waals surface area contributed by atoms with Crippen LogP contribution in [-0.4, -0.2) is 5.78 Å². The third-order valence-corrected chi connectivity index (χ3v) is 3.11. The number of Topliss-reactive ketones (excluding diaryl/α,β-unsaturated/α-hetero) is 1. The van der Waals surface area contributed by atoms with Crippen LogP contribution in [0.3, 0.4) is 0 Å². The van der Waals surface area contributed by atoms with Crippen molar-refractivity contribution in [3.63, 3.8) is 0 Å². The predicted molar refractivity (Wildman–Crippen MR) is 76.6 cm³/mol. The fraction of sp³-hybridized carbons (Fsp3) is 0.188. The van der Waals surface area contributed by atoms with Gasteiger partial charge in [0.1, 0.15) is 12.4 Å². The van der Waals surface area contributed by atoms with Crippen LogP contribution < -0.4 is 10.5 Å². The first-order chi connectivity index (χ1) is 10.3. The average molecular weight is 309 g/mol. The van der Waals surface area contributed by atoms with Gasteiger partial charge in [-0.15, -0.1) is 0 Å². The summed E-state index contributed by atoms with van der Waals surface area (Å²) < 4.78 is 44.7. The van der Waals surface area contributed by atoms with Gasteiger partial charge in [-0.25, -0.2) is 0 Å². The van der Waals surface area contributed by atoms with Gasteiger partial charge in [0, 0.05) is 5.56 Å². The van der Waals surface area contributed by atoms with Crippen LogP contribution in [0.2, 0.25) is 0 Å². The highest BCUT2D eigenvalue weighted by Crippen LogP contribution is 2.40. The Morgan fingerprint density at radius 3 is 2.32 bits per heavy atom. The van der Waals surface area contributed by atoms with Crippen LogP contribution in [0.25, 0.3) is 0 Å². The number of halogens is 3. The van der Waals surface area contributed by atoms with Crippen molar-refractivity contribution in [1.29, 1.82) is 0 Å². The molecule has 0 aliphatic heterocycles. The van der Waals surface area contributed by atoms with E-state index in [4.69, 9.17) is 10.5 Å². The van der Waals surface area contributed by atoms with Crippen LogP contribution >= 0.6 is 0 Å². The Morgan fingerprint density at radius 2 is 1.77 bits per heavy atom. The van der Waals surface area contributed by atoms with Gasteiger partial charge in [-0.3, -0.25) is 4.79 Å². The number of hydrogen-bond donors (Lipinski definition) is 1. The van der Waals surface area contributed by atoms with Gasteiger partial charge < -0.3 is 10.5 Å². The minimum atomic E-state index is -4.72. The molecule has 2 aromatic rings. The molecule has 0 saturated heterocycles. The smallest absolute Gasteiger partial charge is 0.419 e. The Balaban J connectivity index is 2.36. The number of carbonyl (C=O) groups excluding carboxylic acids is 1. The van der Waals surface area contributed by atoms with Crippen molar-refractivity contribution < 1.29 is 22.7 Å². The molecule has 0 unspecified atom stereocenters. The lowest BCUT2D eigenvalue weighted by atomic mass is 10.0. The topological polar surface area (TPSA) is 52.3 Å². The average Bonchev–Trinajstić information content (AvgIpc) is 2.45. The van der Waals surface area contributed by atoms with Crippen LogP contribution in [0.15, 0.2) is 42.5 Å². The molecule has 0 bridgehead atoms. The van der Waals surface area contributed by atoms with Gasteiger partial charge >= 0.3 is 6.18 Å². The number of anilines is 1. The Hall–Kier alpha value is -2.50. The van der Waals surface area contributed by atoms with E-state index in [2.05, 4.69) is 0 Å². The van der Waals surface area contributed by atoms with E-state index in [9.17, 15) is 18.0 Å². The fourth-order valence-corrected chi connectivity index (χ4v) is 2.06. The summed E-state index contributed by atoms with van der Waals surface area (Å²) >= 11 is 0. The van der Waals surface area contributed by atoms with Gasteiger partial charge in [0.2, 0.25) is 0 Å². The third kappa shape index (κ3) is 3.39. The van der Waals surface area contributed by atoms with Gasteiger partial charge in [0.05, 0.1) is 11.3 Å². The number of hydrogen-bond acceptors (Lipinski definition) is 3. The van der Waals surface area contributed by atoms with Gasteiger partial charge in [-0.2, -0.15) is 13.2 Å². The lowest BCUT2D eigenvalue weighted by Gasteiger charge is -2.17. The molecule has 22 heavy (non-hydrogen) atoms. The number of benzene rings is 2. The number of nitrogens with two attached hydrogens (primary N) is 1. The molecule has 2 aromatic carbocycles. The number of ketones is 1. The minimum Gasteiger partial charge on any atom is -0.487 e. The highest BCUT2D eigenvalue weighted by atomic mass is 19.4. The molecule has 0 spiro atoms. The molecular formula is C16H14F3NO2. The van der Waals surface area contributed by atoms with Crippen LogP contribution in [0.1, 0.15) is 28.4 Å². The summed E-state index contributed by atoms with van der Waals surface area (Å²) in [4.78, 5) is 11.4. The predicted octanol–water partition coefficient (Wildman–Crippen LogP) is 4.07. The van der Waals surface area contributed by atoms with E-state index in [0.29, 0.717) is 0 Å². The summed E-state index contributed by atoms with van der Waals surface area (Å²) in [5, 5.41) is 0. The van der Waals surface area contributed by atoms with E-state index in [1.54, 1.807) is 24.3 Å². The molecule has 0 aliphatic carbocycles. The lowest BCUT2D eigenvalue weighted by molar-refractivity contribution is -0.137. The molecule has 0 aliphatic rings. The Kier molecular flexibility index (Phi) is 4.40. The number of rotatable bonds is 4. The summed E-state index contributed by atoms with van der Waals surface area (Å²) in [6.07, 6.45) is -4.72. The maximum Gasteiger partial charge on any atom is 0.419 e. The quantitative estimate of drug-likeness (QED) is 0.684. The second-order valence-corrected chi connectivity index (χ2v) is 4.73. The fourth-order valence-electron chi connectivity index (χ4n) is 2.06. The van der Waals surface area contributed by atoms with E-state index in [1.807, 2.05) is 6.07 Å². The van der Waals surface area contributed by atoms with E-state index < -0.39 is 28.8 Å². The van der Waals surface area contributed by atoms with Crippen LogP contribution in [0.4, 0.5) is 18.9 Å². The van der Waals surface area contributed by atoms with Crippen LogP contribution in [-0.2, 0) is 12.8 Å². The second-order valence-electron chi connectivity index (χ2n) is 4.73. The number of alkyl halides is 3. The molecule has 0 heterocycles. The SMILES string of the molecule is CC(=O)c1ccc(OCc2ccccc2)c(N)c1C(F)(F)F. The summed E-state index contributed by atoms with van der Waals surface area (Å²) in [6.45, 7) is 1.15. The minimum absolute atomic E-state index is 0.0851. The van der Waals surface area contributed by atoms with E-state index in [0.717, 1.165) is 18.6 Å². The monoisotopic (exact) mass is 309 g/mol. The number of nitrogen functional groups attached to an aromatic ring is 1. The molecule has 0 atom stereocenters. The van der Waals surface area contributed by atoms with E-state index >= 15 is 0 Å². The van der Waals surface area contributed by atoms with E-state index in [-0.39, 0.29) is 12.4 Å². The summed E-state index contributed by atoms with van der Waals surface area (Å²) in [5.74, 6) is -0.796. The lowest BCUT2D eigenvalue weighted by Crippen LogP contribution is -2.16. The molecule has 0 radical (unpaired) electrons. The van der Waals surface area contributed by atoms with Crippen LogP contribution in [0.5, 0.6) is 5.75 Å². The van der Waals surface area contributed by atoms with Crippen molar-refractivity contribution in [2.24, 2.45) is 0 Å². The molecule has 116 valence electrons. The van der Waals surface area contributed by atoms with Crippen molar-refractivity contribution in [3.8, 4) is 5.75 Å². The summed E-state index contributed by atoms with van der Waals surface area (Å²) in [5.41, 5.74) is 4.19. The van der Waals surface area contributed by atoms with Gasteiger partial charge in [-0.1, -0.05) is 30.3 Å². The Morgan fingerprint density at radius 1 is 1.14 bits per heavy atom. The van der Waals surface area contributed by atoms with Crippen molar-refractivity contribution in [2.45, 2.75) is 19.7 Å². The molecule has 0 amide bonds. The third-order valence-electron chi connectivity index (χ3n) is 3.11. The van der Waals surface area contributed by atoms with Crippen LogP contribution in [0, 0.1) is 0 Å². The largest absolute Gasteiger partial charge is 0.487 e. The van der Waals surface area contributed by atoms with Gasteiger partial charge in [0.25, 0.3) is 0 Å². The normalized spacial score (nSPS) is 11.3. The standard InChI is InChI=1S/C16H14F3NO2/c1-10(21)12-7-8-13(15(20)14(12)16(17,18)19)22-9-11-5-3-2-4-6-11/h2-8H,9,20H2,1H3. The number of carbonyl (C=O) groups is 1. The Labute approximate surface area is 125 Å². The first kappa shape index (κ1) is 15.9. The molecular weight excluding hydrogens is 295 g/mol. The van der Waals surface area contributed by atoms with E-state index in [1.165, 1.54) is 6.07 Å². The van der Waals surface area contributed by atoms with Gasteiger partial charge in [-0.05, 0) is 24.6 Å². The van der Waals surface area contributed by atoms with Crippen molar-refractivity contribution in [3.05, 3.63) is 59.2 Å². The molecule has 6 heteroatoms. The molecule has 0 fully saturated rings. The summed E-state index contributed by atoms with van der Waals surface area (Å²) in [6, 6.07) is 11.3. The summed E-state index contributed by atoms with van der Waals surface area (Å²) in [7, 11) is 0. The molecule has 0 saturated carbocycles. The highest BCUT2D eigenvalue weighted by molar-refractivity contribution is 5.97. The zero-order chi connectivity index (χ0) is 16.3. The second kappa shape index (κ2) is 6.09. The Bertz CT molecular complexity index is 682. The molecule has 2 N–H and O–H groups in total. The van der Waals surface area contributed by atoms with Crippen molar-refractivity contribution >= 4 is 11.5 Å². The zero-order valence-corrected chi connectivity index (χ0v) is 11.8. The first-order valence-electron chi connectivity index (χ1n) is 6.48. The van der Waals surface area contributed by atoms with Crippen molar-refractivity contribution in [1.82, 2.24) is 0 Å². The molecule has 3 nitrogen and oxygen atoms in total.